The minimum Gasteiger partial charge on any atom is -0.250 e. The van der Waals surface area contributed by atoms with E-state index in [2.05, 4.69) is 4.98 Å². The highest BCUT2D eigenvalue weighted by molar-refractivity contribution is 6.31. The first-order valence-corrected chi connectivity index (χ1v) is 4.90. The number of aromatic nitrogens is 1. The van der Waals surface area contributed by atoms with Gasteiger partial charge in [-0.3, -0.25) is 4.98 Å². The molecule has 0 saturated heterocycles. The number of nitriles is 1. The second kappa shape index (κ2) is 5.24. The molecule has 0 bridgehead atoms. The molecule has 0 aliphatic carbocycles. The lowest BCUT2D eigenvalue weighted by Crippen LogP contribution is -2.02. The first-order chi connectivity index (χ1) is 7.10. The normalized spacial score (nSPS) is 10.4. The fourth-order valence-corrected chi connectivity index (χ4v) is 1.54. The Hall–Kier alpha value is -0.920. The van der Waals surface area contributed by atoms with Crippen molar-refractivity contribution < 1.29 is 8.78 Å². The predicted molar refractivity (Wildman–Crippen MR) is 53.1 cm³/mol. The van der Waals surface area contributed by atoms with Gasteiger partial charge in [-0.05, 0) is 6.07 Å². The van der Waals surface area contributed by atoms with E-state index >= 15 is 0 Å². The summed E-state index contributed by atoms with van der Waals surface area (Å²) < 4.78 is 25.1. The summed E-state index contributed by atoms with van der Waals surface area (Å²) in [6, 6.07) is 3.16. The first-order valence-electron chi connectivity index (χ1n) is 3.99. The fraction of sp³-hybridized carbons (Fsp3) is 0.333. The van der Waals surface area contributed by atoms with E-state index < -0.39 is 12.1 Å². The van der Waals surface area contributed by atoms with Crippen molar-refractivity contribution in [1.29, 1.82) is 5.26 Å². The van der Waals surface area contributed by atoms with Gasteiger partial charge in [-0.1, -0.05) is 11.6 Å². The van der Waals surface area contributed by atoms with Crippen LogP contribution in [0.5, 0.6) is 0 Å². The molecular weight excluding hydrogens is 245 g/mol. The maximum Gasteiger partial charge on any atom is 0.280 e. The first kappa shape index (κ1) is 12.2. The van der Waals surface area contributed by atoms with Crippen LogP contribution in [-0.4, -0.2) is 4.98 Å². The van der Waals surface area contributed by atoms with Gasteiger partial charge in [0.2, 0.25) is 0 Å². The lowest BCUT2D eigenvalue weighted by molar-refractivity contribution is 0.145. The number of rotatable bonds is 3. The van der Waals surface area contributed by atoms with Crippen LogP contribution in [0.1, 0.15) is 23.4 Å². The highest BCUT2D eigenvalue weighted by atomic mass is 35.5. The summed E-state index contributed by atoms with van der Waals surface area (Å²) in [4.78, 5) is 3.65. The van der Waals surface area contributed by atoms with Gasteiger partial charge >= 0.3 is 0 Å². The van der Waals surface area contributed by atoms with Gasteiger partial charge < -0.3 is 0 Å². The van der Waals surface area contributed by atoms with Crippen molar-refractivity contribution in [1.82, 2.24) is 4.98 Å². The minimum atomic E-state index is -2.76. The molecule has 0 aliphatic heterocycles. The summed E-state index contributed by atoms with van der Waals surface area (Å²) in [5.41, 5.74) is -0.110. The lowest BCUT2D eigenvalue weighted by atomic mass is 10.1. The van der Waals surface area contributed by atoms with E-state index in [0.29, 0.717) is 0 Å². The third-order valence-electron chi connectivity index (χ3n) is 1.75. The van der Waals surface area contributed by atoms with E-state index in [1.54, 1.807) is 6.07 Å². The predicted octanol–water partition coefficient (Wildman–Crippen LogP) is 3.48. The number of pyridine rings is 1. The molecule has 0 spiro atoms. The number of alkyl halides is 3. The molecule has 0 radical (unpaired) electrons. The molecule has 0 unspecified atom stereocenters. The van der Waals surface area contributed by atoms with E-state index in [-0.39, 0.29) is 28.6 Å². The molecular formula is C9H6Cl2F2N2. The number of hydrogen-bond acceptors (Lipinski definition) is 2. The summed E-state index contributed by atoms with van der Waals surface area (Å²) in [7, 11) is 0. The van der Waals surface area contributed by atoms with Crippen molar-refractivity contribution in [3.05, 3.63) is 28.0 Å². The molecule has 0 N–H and O–H groups in total. The van der Waals surface area contributed by atoms with E-state index in [4.69, 9.17) is 28.5 Å². The smallest absolute Gasteiger partial charge is 0.250 e. The van der Waals surface area contributed by atoms with Crippen LogP contribution in [0.25, 0.3) is 0 Å². The third kappa shape index (κ3) is 2.77. The molecule has 0 aromatic carbocycles. The number of hydrogen-bond donors (Lipinski definition) is 0. The molecule has 0 atom stereocenters. The molecule has 1 aromatic heterocycles. The maximum atomic E-state index is 12.6. The van der Waals surface area contributed by atoms with Crippen LogP contribution in [0, 0.1) is 11.3 Å². The Bertz CT molecular complexity index is 402. The topological polar surface area (TPSA) is 36.7 Å². The zero-order valence-corrected chi connectivity index (χ0v) is 8.99. The maximum absolute atomic E-state index is 12.6. The van der Waals surface area contributed by atoms with Crippen molar-refractivity contribution in [2.75, 3.05) is 0 Å². The molecule has 0 amide bonds. The molecule has 1 aromatic rings. The lowest BCUT2D eigenvalue weighted by Gasteiger charge is -2.08. The van der Waals surface area contributed by atoms with Crippen molar-refractivity contribution >= 4 is 23.2 Å². The van der Waals surface area contributed by atoms with Crippen LogP contribution in [0.3, 0.4) is 0 Å². The van der Waals surface area contributed by atoms with Crippen molar-refractivity contribution in [2.24, 2.45) is 0 Å². The molecule has 2 nitrogen and oxygen atoms in total. The van der Waals surface area contributed by atoms with Crippen LogP contribution in [0.4, 0.5) is 8.78 Å². The number of halogens is 4. The highest BCUT2D eigenvalue weighted by Crippen LogP contribution is 2.28. The van der Waals surface area contributed by atoms with Gasteiger partial charge in [-0.15, -0.1) is 11.6 Å². The standard InChI is InChI=1S/C9H6Cl2F2N2/c10-4-5-3-7(11)6(1-2-14)8(15-5)9(12)13/h3,9H,1,4H2. The third-order valence-corrected chi connectivity index (χ3v) is 2.37. The van der Waals surface area contributed by atoms with Gasteiger partial charge in [-0.2, -0.15) is 5.26 Å². The Balaban J connectivity index is 3.30. The molecule has 15 heavy (non-hydrogen) atoms. The number of nitrogens with zero attached hydrogens (tertiary/aromatic N) is 2. The second-order valence-electron chi connectivity index (χ2n) is 2.73. The average molecular weight is 251 g/mol. The molecule has 0 aliphatic rings. The average Bonchev–Trinajstić information content (AvgIpc) is 2.20. The van der Waals surface area contributed by atoms with Gasteiger partial charge in [0.1, 0.15) is 5.69 Å². The van der Waals surface area contributed by atoms with Crippen LogP contribution < -0.4 is 0 Å². The van der Waals surface area contributed by atoms with Crippen molar-refractivity contribution in [3.63, 3.8) is 0 Å². The summed E-state index contributed by atoms with van der Waals surface area (Å²) in [6.07, 6.45) is -2.94. The van der Waals surface area contributed by atoms with Crippen LogP contribution in [0.15, 0.2) is 6.07 Å². The fourth-order valence-electron chi connectivity index (χ4n) is 1.11. The largest absolute Gasteiger partial charge is 0.280 e. The molecule has 0 fully saturated rings. The Labute approximate surface area is 95.4 Å². The van der Waals surface area contributed by atoms with Crippen LogP contribution in [0.2, 0.25) is 5.02 Å². The van der Waals surface area contributed by atoms with E-state index in [1.807, 2.05) is 0 Å². The van der Waals surface area contributed by atoms with E-state index in [0.717, 1.165) is 0 Å². The Morgan fingerprint density at radius 3 is 2.67 bits per heavy atom. The second-order valence-corrected chi connectivity index (χ2v) is 3.40. The van der Waals surface area contributed by atoms with Gasteiger partial charge in [0.15, 0.2) is 0 Å². The molecule has 6 heteroatoms. The van der Waals surface area contributed by atoms with E-state index in [9.17, 15) is 8.78 Å². The van der Waals surface area contributed by atoms with Crippen molar-refractivity contribution in [2.45, 2.75) is 18.7 Å². The van der Waals surface area contributed by atoms with Gasteiger partial charge in [0.25, 0.3) is 6.43 Å². The van der Waals surface area contributed by atoms with Crippen LogP contribution in [-0.2, 0) is 12.3 Å². The highest BCUT2D eigenvalue weighted by Gasteiger charge is 2.18. The van der Waals surface area contributed by atoms with Gasteiger partial charge in [0.05, 0.1) is 24.1 Å². The monoisotopic (exact) mass is 250 g/mol. The molecule has 1 heterocycles. The zero-order valence-electron chi connectivity index (χ0n) is 7.48. The van der Waals surface area contributed by atoms with Gasteiger partial charge in [-0.25, -0.2) is 8.78 Å². The van der Waals surface area contributed by atoms with Crippen molar-refractivity contribution in [3.8, 4) is 6.07 Å². The SMILES string of the molecule is N#CCc1c(Cl)cc(CCl)nc1C(F)F. The zero-order chi connectivity index (χ0) is 11.4. The summed E-state index contributed by atoms with van der Waals surface area (Å²) in [6.45, 7) is 0. The Morgan fingerprint density at radius 1 is 1.53 bits per heavy atom. The molecule has 0 saturated carbocycles. The summed E-state index contributed by atoms with van der Waals surface area (Å²) >= 11 is 11.2. The Kier molecular flexibility index (Phi) is 4.25. The molecule has 1 rings (SSSR count). The van der Waals surface area contributed by atoms with Gasteiger partial charge in [0, 0.05) is 10.6 Å². The summed E-state index contributed by atoms with van der Waals surface area (Å²) in [5.74, 6) is 0.00622. The molecule has 80 valence electrons. The van der Waals surface area contributed by atoms with Crippen LogP contribution >= 0.6 is 23.2 Å². The minimum absolute atomic E-state index is 0.00622. The quantitative estimate of drug-likeness (QED) is 0.771. The summed E-state index contributed by atoms with van der Waals surface area (Å²) in [5, 5.41) is 8.58. The van der Waals surface area contributed by atoms with E-state index in [1.165, 1.54) is 6.07 Å². The Morgan fingerprint density at radius 2 is 2.20 bits per heavy atom.